The smallest absolute Gasteiger partial charge is 0.0668 e. The molecule has 0 saturated carbocycles. The van der Waals surface area contributed by atoms with Crippen LogP contribution in [0.25, 0.3) is 11.1 Å². The summed E-state index contributed by atoms with van der Waals surface area (Å²) in [7, 11) is -1.36. The fourth-order valence-corrected chi connectivity index (χ4v) is 4.47. The third-order valence-corrected chi connectivity index (χ3v) is 6.33. The van der Waals surface area contributed by atoms with Crippen molar-refractivity contribution >= 4 is 8.07 Å². The van der Waals surface area contributed by atoms with Gasteiger partial charge in [-0.1, -0.05) is 93.5 Å². The highest BCUT2D eigenvalue weighted by atomic mass is 28.3. The molecule has 0 aliphatic heterocycles. The van der Waals surface area contributed by atoms with Gasteiger partial charge in [0, 0.05) is 12.0 Å². The Bertz CT molecular complexity index is 651. The molecule has 2 aromatic rings. The summed E-state index contributed by atoms with van der Waals surface area (Å²) >= 11 is 0. The van der Waals surface area contributed by atoms with E-state index < -0.39 is 8.07 Å². The second-order valence-corrected chi connectivity index (χ2v) is 12.5. The van der Waals surface area contributed by atoms with Gasteiger partial charge < -0.3 is 0 Å². The predicted octanol–water partition coefficient (Wildman–Crippen LogP) is 6.51. The minimum atomic E-state index is -1.36. The van der Waals surface area contributed by atoms with Gasteiger partial charge in [-0.3, -0.25) is 0 Å². The third-order valence-electron chi connectivity index (χ3n) is 4.12. The van der Waals surface area contributed by atoms with E-state index in [4.69, 9.17) is 0 Å². The molecule has 1 atom stereocenters. The molecule has 0 nitrogen and oxygen atoms in total. The number of rotatable bonds is 5. The summed E-state index contributed by atoms with van der Waals surface area (Å²) in [6.45, 7) is 9.46. The third kappa shape index (κ3) is 5.11. The van der Waals surface area contributed by atoms with Crippen LogP contribution in [-0.4, -0.2) is 8.07 Å². The molecule has 23 heavy (non-hydrogen) atoms. The Morgan fingerprint density at radius 1 is 0.870 bits per heavy atom. The van der Waals surface area contributed by atoms with Crippen molar-refractivity contribution in [2.45, 2.75) is 51.4 Å². The van der Waals surface area contributed by atoms with Gasteiger partial charge in [0.15, 0.2) is 0 Å². The maximum atomic E-state index is 3.58. The van der Waals surface area contributed by atoms with Gasteiger partial charge in [0.1, 0.15) is 0 Å². The van der Waals surface area contributed by atoms with E-state index in [-0.39, 0.29) is 0 Å². The van der Waals surface area contributed by atoms with E-state index in [1.807, 2.05) is 0 Å². The van der Waals surface area contributed by atoms with E-state index in [9.17, 15) is 0 Å². The first-order chi connectivity index (χ1) is 11.0. The first-order valence-electron chi connectivity index (χ1n) is 8.66. The van der Waals surface area contributed by atoms with Crippen molar-refractivity contribution in [3.8, 4) is 23.0 Å². The van der Waals surface area contributed by atoms with E-state index >= 15 is 0 Å². The molecule has 0 spiro atoms. The van der Waals surface area contributed by atoms with Crippen molar-refractivity contribution in [2.24, 2.45) is 0 Å². The zero-order valence-corrected chi connectivity index (χ0v) is 15.9. The van der Waals surface area contributed by atoms with E-state index in [1.165, 1.54) is 29.5 Å². The fourth-order valence-electron chi connectivity index (χ4n) is 2.74. The van der Waals surface area contributed by atoms with Crippen molar-refractivity contribution in [2.75, 3.05) is 0 Å². The molecule has 0 radical (unpaired) electrons. The Hall–Kier alpha value is -1.78. The Balaban J connectivity index is 2.24. The maximum Gasteiger partial charge on any atom is 0.0668 e. The van der Waals surface area contributed by atoms with Crippen LogP contribution in [-0.2, 0) is 0 Å². The van der Waals surface area contributed by atoms with Crippen LogP contribution < -0.4 is 0 Å². The van der Waals surface area contributed by atoms with Gasteiger partial charge in [0.25, 0.3) is 0 Å². The van der Waals surface area contributed by atoms with Crippen molar-refractivity contribution in [3.05, 3.63) is 60.2 Å². The second-order valence-electron chi connectivity index (χ2n) is 7.21. The van der Waals surface area contributed by atoms with Crippen molar-refractivity contribution < 1.29 is 0 Å². The van der Waals surface area contributed by atoms with Gasteiger partial charge in [-0.05, 0) is 23.1 Å². The summed E-state index contributed by atoms with van der Waals surface area (Å²) in [5.41, 5.74) is 4.36. The first-order valence-corrected chi connectivity index (χ1v) is 12.2. The predicted molar refractivity (Wildman–Crippen MR) is 105 cm³/mol. The minimum absolute atomic E-state index is 0.421. The molecule has 0 N–H and O–H groups in total. The van der Waals surface area contributed by atoms with Crippen LogP contribution in [0.2, 0.25) is 19.6 Å². The molecule has 2 aromatic carbocycles. The molecule has 0 heterocycles. The summed E-state index contributed by atoms with van der Waals surface area (Å²) < 4.78 is 0. The summed E-state index contributed by atoms with van der Waals surface area (Å²) in [5, 5.41) is 0. The standard InChI is InChI=1S/C22H28Si/c1-5-6-7-11-14-22(23(2,3)4)21-17-15-20(16-18-21)19-12-9-8-10-13-19/h8-10,12-13,15-18,22H,5-7H2,1-4H3. The second kappa shape index (κ2) is 8.18. The lowest BCUT2D eigenvalue weighted by molar-refractivity contribution is 0.827. The molecule has 0 fully saturated rings. The SMILES string of the molecule is CCCCC#CC(c1ccc(-c2ccccc2)cc1)[Si](C)(C)C. The molecule has 0 aliphatic rings. The Morgan fingerprint density at radius 2 is 1.48 bits per heavy atom. The Kier molecular flexibility index (Phi) is 6.25. The molecular formula is C22H28Si. The van der Waals surface area contributed by atoms with Gasteiger partial charge in [0.2, 0.25) is 0 Å². The van der Waals surface area contributed by atoms with Crippen molar-refractivity contribution in [3.63, 3.8) is 0 Å². The van der Waals surface area contributed by atoms with Crippen LogP contribution in [0.3, 0.4) is 0 Å². The van der Waals surface area contributed by atoms with Crippen LogP contribution in [0.5, 0.6) is 0 Å². The lowest BCUT2D eigenvalue weighted by Crippen LogP contribution is -2.30. The number of hydrogen-bond acceptors (Lipinski definition) is 0. The topological polar surface area (TPSA) is 0 Å². The van der Waals surface area contributed by atoms with E-state index in [0.29, 0.717) is 5.54 Å². The van der Waals surface area contributed by atoms with Gasteiger partial charge in [-0.25, -0.2) is 0 Å². The maximum absolute atomic E-state index is 3.58. The van der Waals surface area contributed by atoms with Gasteiger partial charge in [-0.2, -0.15) is 0 Å². The summed E-state index contributed by atoms with van der Waals surface area (Å²) in [6, 6.07) is 19.6. The highest BCUT2D eigenvalue weighted by Crippen LogP contribution is 2.28. The van der Waals surface area contributed by atoms with E-state index in [1.54, 1.807) is 0 Å². The van der Waals surface area contributed by atoms with Gasteiger partial charge >= 0.3 is 0 Å². The molecule has 120 valence electrons. The largest absolute Gasteiger partial charge is 0.103 e. The number of benzene rings is 2. The van der Waals surface area contributed by atoms with Crippen LogP contribution in [0, 0.1) is 11.8 Å². The Labute approximate surface area is 143 Å². The lowest BCUT2D eigenvalue weighted by Gasteiger charge is -2.25. The molecule has 0 saturated heterocycles. The quantitative estimate of drug-likeness (QED) is 0.335. The van der Waals surface area contributed by atoms with Crippen molar-refractivity contribution in [1.82, 2.24) is 0 Å². The minimum Gasteiger partial charge on any atom is -0.103 e. The molecule has 0 bridgehead atoms. The fraction of sp³-hybridized carbons (Fsp3) is 0.364. The monoisotopic (exact) mass is 320 g/mol. The van der Waals surface area contributed by atoms with Gasteiger partial charge in [-0.15, -0.1) is 5.92 Å². The lowest BCUT2D eigenvalue weighted by atomic mass is 10.0. The van der Waals surface area contributed by atoms with E-state index in [0.717, 1.165) is 6.42 Å². The summed E-state index contributed by atoms with van der Waals surface area (Å²) in [6.07, 6.45) is 3.45. The average molecular weight is 321 g/mol. The first kappa shape index (κ1) is 17.6. The number of hydrogen-bond donors (Lipinski definition) is 0. The zero-order chi connectivity index (χ0) is 16.7. The average Bonchev–Trinajstić information content (AvgIpc) is 2.55. The van der Waals surface area contributed by atoms with Gasteiger partial charge in [0.05, 0.1) is 8.07 Å². The Morgan fingerprint density at radius 3 is 2.04 bits per heavy atom. The van der Waals surface area contributed by atoms with Crippen LogP contribution in [0.15, 0.2) is 54.6 Å². The molecule has 2 rings (SSSR count). The number of unbranched alkanes of at least 4 members (excludes halogenated alkanes) is 2. The molecule has 1 unspecified atom stereocenters. The molecule has 0 amide bonds. The molecular weight excluding hydrogens is 292 g/mol. The molecule has 1 heteroatoms. The molecule has 0 aromatic heterocycles. The van der Waals surface area contributed by atoms with Crippen LogP contribution >= 0.6 is 0 Å². The molecule has 0 aliphatic carbocycles. The zero-order valence-electron chi connectivity index (χ0n) is 14.9. The van der Waals surface area contributed by atoms with Crippen LogP contribution in [0.4, 0.5) is 0 Å². The van der Waals surface area contributed by atoms with E-state index in [2.05, 4.69) is 93.0 Å². The van der Waals surface area contributed by atoms with Crippen LogP contribution in [0.1, 0.15) is 37.3 Å². The highest BCUT2D eigenvalue weighted by Gasteiger charge is 2.26. The highest BCUT2D eigenvalue weighted by molar-refractivity contribution is 6.78. The van der Waals surface area contributed by atoms with Crippen molar-refractivity contribution in [1.29, 1.82) is 0 Å². The summed E-state index contributed by atoms with van der Waals surface area (Å²) in [5.74, 6) is 7.00. The normalized spacial score (nSPS) is 12.3. The summed E-state index contributed by atoms with van der Waals surface area (Å²) in [4.78, 5) is 0.